The molecule has 0 fully saturated rings. The number of hydrogen-bond donors (Lipinski definition) is 2. The van der Waals surface area contributed by atoms with Gasteiger partial charge < -0.3 is 19.6 Å². The lowest BCUT2D eigenvalue weighted by atomic mass is 10.3. The van der Waals surface area contributed by atoms with E-state index in [4.69, 9.17) is 9.52 Å². The minimum atomic E-state index is -1.49. The maximum atomic E-state index is 11.4. The van der Waals surface area contributed by atoms with E-state index in [0.717, 1.165) is 0 Å². The molecule has 1 rings (SSSR count). The van der Waals surface area contributed by atoms with Crippen LogP contribution in [0.1, 0.15) is 24.4 Å². The van der Waals surface area contributed by atoms with Gasteiger partial charge >= 0.3 is 6.16 Å². The van der Waals surface area contributed by atoms with Crippen molar-refractivity contribution in [2.75, 3.05) is 0 Å². The molecular weight excluding hydrogens is 202 g/mol. The van der Waals surface area contributed by atoms with Gasteiger partial charge in [-0.05, 0) is 13.8 Å². The van der Waals surface area contributed by atoms with E-state index in [1.54, 1.807) is 13.8 Å². The molecule has 1 aromatic heterocycles. The van der Waals surface area contributed by atoms with Gasteiger partial charge in [-0.1, -0.05) is 0 Å². The molecular formula is C9H11NO5. The van der Waals surface area contributed by atoms with Crippen molar-refractivity contribution in [3.05, 3.63) is 18.1 Å². The third-order valence-corrected chi connectivity index (χ3v) is 1.45. The van der Waals surface area contributed by atoms with Gasteiger partial charge in [-0.2, -0.15) is 0 Å². The SMILES string of the molecule is CC(C)NC(=O)c1occc1OC(=O)O. The van der Waals surface area contributed by atoms with E-state index in [0.29, 0.717) is 0 Å². The fraction of sp³-hybridized carbons (Fsp3) is 0.333. The lowest BCUT2D eigenvalue weighted by molar-refractivity contribution is 0.0909. The molecule has 0 bridgehead atoms. The Bertz CT molecular complexity index is 368. The highest BCUT2D eigenvalue weighted by atomic mass is 16.7. The van der Waals surface area contributed by atoms with Crippen LogP contribution < -0.4 is 10.1 Å². The Hall–Kier alpha value is -1.98. The van der Waals surface area contributed by atoms with Gasteiger partial charge in [0.2, 0.25) is 5.76 Å². The van der Waals surface area contributed by atoms with Crippen LogP contribution in [0.25, 0.3) is 0 Å². The van der Waals surface area contributed by atoms with Gasteiger partial charge in [0.15, 0.2) is 5.75 Å². The van der Waals surface area contributed by atoms with Crippen molar-refractivity contribution >= 4 is 12.1 Å². The van der Waals surface area contributed by atoms with E-state index in [1.165, 1.54) is 12.3 Å². The molecule has 0 radical (unpaired) electrons. The predicted molar refractivity (Wildman–Crippen MR) is 50.0 cm³/mol. The number of carbonyl (C=O) groups is 2. The molecule has 1 aromatic rings. The van der Waals surface area contributed by atoms with Crippen LogP contribution in [0.15, 0.2) is 16.7 Å². The molecule has 1 heterocycles. The summed E-state index contributed by atoms with van der Waals surface area (Å²) in [5.41, 5.74) is 0. The third-order valence-electron chi connectivity index (χ3n) is 1.45. The van der Waals surface area contributed by atoms with E-state index in [9.17, 15) is 9.59 Å². The zero-order chi connectivity index (χ0) is 11.4. The Kier molecular flexibility index (Phi) is 3.33. The second kappa shape index (κ2) is 4.50. The third kappa shape index (κ3) is 3.01. The monoisotopic (exact) mass is 213 g/mol. The minimum Gasteiger partial charge on any atom is -0.455 e. The summed E-state index contributed by atoms with van der Waals surface area (Å²) in [6.07, 6.45) is -0.303. The summed E-state index contributed by atoms with van der Waals surface area (Å²) in [5, 5.41) is 10.9. The number of carboxylic acid groups (broad SMARTS) is 1. The quantitative estimate of drug-likeness (QED) is 0.742. The number of amides is 1. The van der Waals surface area contributed by atoms with Crippen LogP contribution in [0.2, 0.25) is 0 Å². The highest BCUT2D eigenvalue weighted by molar-refractivity contribution is 5.94. The maximum Gasteiger partial charge on any atom is 0.511 e. The first kappa shape index (κ1) is 11.1. The molecule has 0 aromatic carbocycles. The summed E-state index contributed by atoms with van der Waals surface area (Å²) in [6.45, 7) is 3.55. The summed E-state index contributed by atoms with van der Waals surface area (Å²) >= 11 is 0. The van der Waals surface area contributed by atoms with Crippen LogP contribution >= 0.6 is 0 Å². The smallest absolute Gasteiger partial charge is 0.455 e. The summed E-state index contributed by atoms with van der Waals surface area (Å²) < 4.78 is 9.18. The maximum absolute atomic E-state index is 11.4. The van der Waals surface area contributed by atoms with Crippen molar-refractivity contribution in [2.24, 2.45) is 0 Å². The van der Waals surface area contributed by atoms with Gasteiger partial charge in [-0.3, -0.25) is 4.79 Å². The molecule has 0 aliphatic heterocycles. The average molecular weight is 213 g/mol. The van der Waals surface area contributed by atoms with Gasteiger partial charge in [-0.15, -0.1) is 0 Å². The normalized spacial score (nSPS) is 10.1. The summed E-state index contributed by atoms with van der Waals surface area (Å²) in [5.74, 6) is -0.766. The predicted octanol–water partition coefficient (Wildman–Crippen LogP) is 1.47. The molecule has 0 unspecified atom stereocenters. The second-order valence-corrected chi connectivity index (χ2v) is 3.11. The summed E-state index contributed by atoms with van der Waals surface area (Å²) in [4.78, 5) is 21.7. The second-order valence-electron chi connectivity index (χ2n) is 3.11. The zero-order valence-electron chi connectivity index (χ0n) is 8.31. The van der Waals surface area contributed by atoms with Crippen LogP contribution in [0.4, 0.5) is 4.79 Å². The Labute approximate surface area is 85.8 Å². The molecule has 0 atom stereocenters. The first-order valence-corrected chi connectivity index (χ1v) is 4.30. The Morgan fingerprint density at radius 3 is 2.73 bits per heavy atom. The first-order chi connectivity index (χ1) is 7.00. The lowest BCUT2D eigenvalue weighted by Gasteiger charge is -2.06. The Morgan fingerprint density at radius 1 is 1.53 bits per heavy atom. The van der Waals surface area contributed by atoms with Crippen molar-refractivity contribution in [2.45, 2.75) is 19.9 Å². The molecule has 0 aliphatic rings. The number of hydrogen-bond acceptors (Lipinski definition) is 4. The highest BCUT2D eigenvalue weighted by Gasteiger charge is 2.19. The topological polar surface area (TPSA) is 88.8 Å². The Balaban J connectivity index is 2.80. The Morgan fingerprint density at radius 2 is 2.20 bits per heavy atom. The molecule has 2 N–H and O–H groups in total. The van der Waals surface area contributed by atoms with E-state index in [2.05, 4.69) is 10.1 Å². The van der Waals surface area contributed by atoms with Gasteiger partial charge in [0.05, 0.1) is 6.26 Å². The molecule has 15 heavy (non-hydrogen) atoms. The van der Waals surface area contributed by atoms with Crippen molar-refractivity contribution in [3.63, 3.8) is 0 Å². The van der Waals surface area contributed by atoms with Crippen molar-refractivity contribution in [1.82, 2.24) is 5.32 Å². The average Bonchev–Trinajstić information content (AvgIpc) is 2.49. The number of nitrogens with one attached hydrogen (secondary N) is 1. The van der Waals surface area contributed by atoms with Crippen LogP contribution in [-0.4, -0.2) is 23.2 Å². The first-order valence-electron chi connectivity index (χ1n) is 4.30. The highest BCUT2D eigenvalue weighted by Crippen LogP contribution is 2.19. The van der Waals surface area contributed by atoms with Gasteiger partial charge in [0, 0.05) is 12.1 Å². The molecule has 0 spiro atoms. The van der Waals surface area contributed by atoms with Crippen molar-refractivity contribution < 1.29 is 23.8 Å². The summed E-state index contributed by atoms with van der Waals surface area (Å²) in [7, 11) is 0. The minimum absolute atomic E-state index is 0.0692. The number of furan rings is 1. The van der Waals surface area contributed by atoms with Gasteiger partial charge in [-0.25, -0.2) is 4.79 Å². The molecule has 0 saturated carbocycles. The van der Waals surface area contributed by atoms with E-state index < -0.39 is 12.1 Å². The molecule has 1 amide bonds. The fourth-order valence-electron chi connectivity index (χ4n) is 0.965. The standard InChI is InChI=1S/C9H11NO5/c1-5(2)10-8(11)7-6(3-4-14-7)15-9(12)13/h3-5H,1-2H3,(H,10,11)(H,12,13). The number of rotatable bonds is 3. The fourth-order valence-corrected chi connectivity index (χ4v) is 0.965. The van der Waals surface area contributed by atoms with E-state index in [-0.39, 0.29) is 17.6 Å². The van der Waals surface area contributed by atoms with Gasteiger partial charge in [0.1, 0.15) is 0 Å². The van der Waals surface area contributed by atoms with Crippen LogP contribution in [0.5, 0.6) is 5.75 Å². The van der Waals surface area contributed by atoms with Gasteiger partial charge in [0.25, 0.3) is 5.91 Å². The summed E-state index contributed by atoms with van der Waals surface area (Å²) in [6, 6.07) is 1.20. The largest absolute Gasteiger partial charge is 0.511 e. The molecule has 6 nitrogen and oxygen atoms in total. The van der Waals surface area contributed by atoms with E-state index >= 15 is 0 Å². The van der Waals surface area contributed by atoms with Crippen LogP contribution in [0, 0.1) is 0 Å². The lowest BCUT2D eigenvalue weighted by Crippen LogP contribution is -2.30. The number of carbonyl (C=O) groups excluding carboxylic acids is 1. The van der Waals surface area contributed by atoms with E-state index in [1.807, 2.05) is 0 Å². The van der Waals surface area contributed by atoms with Crippen molar-refractivity contribution in [3.8, 4) is 5.75 Å². The molecule has 0 aliphatic carbocycles. The van der Waals surface area contributed by atoms with Crippen molar-refractivity contribution in [1.29, 1.82) is 0 Å². The van der Waals surface area contributed by atoms with Crippen LogP contribution in [0.3, 0.4) is 0 Å². The molecule has 6 heteroatoms. The number of ether oxygens (including phenoxy) is 1. The molecule has 82 valence electrons. The van der Waals surface area contributed by atoms with Crippen LogP contribution in [-0.2, 0) is 0 Å². The molecule has 0 saturated heterocycles. The zero-order valence-corrected chi connectivity index (χ0v) is 8.31.